The minimum absolute atomic E-state index is 0.358. The molecule has 0 aliphatic heterocycles. The number of aromatic nitrogens is 1. The van der Waals surface area contributed by atoms with Gasteiger partial charge in [0.15, 0.2) is 0 Å². The molecule has 1 aromatic rings. The molecule has 4 heteroatoms. The third-order valence-electron chi connectivity index (χ3n) is 2.51. The van der Waals surface area contributed by atoms with E-state index in [0.717, 1.165) is 23.4 Å². The Hall–Kier alpha value is -1.03. The van der Waals surface area contributed by atoms with Crippen LogP contribution in [-0.2, 0) is 0 Å². The zero-order chi connectivity index (χ0) is 12.8. The first-order chi connectivity index (χ1) is 8.06. The summed E-state index contributed by atoms with van der Waals surface area (Å²) in [5, 5.41) is 9.85. The number of carboxylic acid groups (broad SMARTS) is 1. The molecule has 0 atom stereocenters. The van der Waals surface area contributed by atoms with Crippen LogP contribution in [0.1, 0.15) is 47.8 Å². The molecule has 0 unspecified atom stereocenters. The van der Waals surface area contributed by atoms with E-state index in [4.69, 9.17) is 0 Å². The molecule has 17 heavy (non-hydrogen) atoms. The van der Waals surface area contributed by atoms with Gasteiger partial charge in [0.05, 0.1) is 5.56 Å². The number of carboxylic acids is 1. The molecule has 1 rings (SSSR count). The molecule has 0 aliphatic carbocycles. The molecule has 0 fully saturated rings. The summed E-state index contributed by atoms with van der Waals surface area (Å²) in [6.07, 6.45) is 3.46. The van der Waals surface area contributed by atoms with Crippen molar-refractivity contribution >= 4 is 17.7 Å². The van der Waals surface area contributed by atoms with Crippen LogP contribution in [0.25, 0.3) is 0 Å². The monoisotopic (exact) mass is 253 g/mol. The average Bonchev–Trinajstić information content (AvgIpc) is 2.22. The molecule has 0 radical (unpaired) electrons. The van der Waals surface area contributed by atoms with Gasteiger partial charge < -0.3 is 5.11 Å². The van der Waals surface area contributed by atoms with Gasteiger partial charge in [0.2, 0.25) is 0 Å². The van der Waals surface area contributed by atoms with Gasteiger partial charge in [0.1, 0.15) is 5.03 Å². The maximum Gasteiger partial charge on any atom is 0.338 e. The maximum absolute atomic E-state index is 11.2. The molecule has 0 aromatic carbocycles. The zero-order valence-electron chi connectivity index (χ0n) is 10.6. The Morgan fingerprint density at radius 2 is 2.12 bits per heavy atom. The number of hydrogen-bond donors (Lipinski definition) is 1. The molecular weight excluding hydrogens is 234 g/mol. The lowest BCUT2D eigenvalue weighted by atomic mass is 10.1. The predicted octanol–water partition coefficient (Wildman–Crippen LogP) is 3.68. The first kappa shape index (κ1) is 14.0. The highest BCUT2D eigenvalue weighted by Crippen LogP contribution is 2.25. The summed E-state index contributed by atoms with van der Waals surface area (Å²) in [7, 11) is 0. The number of aryl methyl sites for hydroxylation is 2. The van der Waals surface area contributed by atoms with Crippen molar-refractivity contribution in [2.45, 2.75) is 45.1 Å². The maximum atomic E-state index is 11.2. The number of hydrogen-bond acceptors (Lipinski definition) is 3. The molecule has 1 N–H and O–H groups in total. The predicted molar refractivity (Wildman–Crippen MR) is 70.9 cm³/mol. The van der Waals surface area contributed by atoms with Gasteiger partial charge in [-0.05, 0) is 37.7 Å². The second-order valence-corrected chi connectivity index (χ2v) is 5.21. The van der Waals surface area contributed by atoms with Crippen LogP contribution >= 0.6 is 11.8 Å². The van der Waals surface area contributed by atoms with Crippen molar-refractivity contribution in [2.75, 3.05) is 5.75 Å². The van der Waals surface area contributed by atoms with Gasteiger partial charge in [0.25, 0.3) is 0 Å². The molecule has 0 spiro atoms. The van der Waals surface area contributed by atoms with Crippen molar-refractivity contribution in [3.63, 3.8) is 0 Å². The molecule has 94 valence electrons. The molecular formula is C13H19NO2S. The Bertz CT molecular complexity index is 405. The van der Waals surface area contributed by atoms with Crippen LogP contribution < -0.4 is 0 Å². The lowest BCUT2D eigenvalue weighted by molar-refractivity contribution is 0.0691. The van der Waals surface area contributed by atoms with E-state index in [1.807, 2.05) is 19.9 Å². The molecule has 0 saturated heterocycles. The van der Waals surface area contributed by atoms with Crippen LogP contribution in [0.3, 0.4) is 0 Å². The van der Waals surface area contributed by atoms with Crippen molar-refractivity contribution < 1.29 is 9.90 Å². The van der Waals surface area contributed by atoms with Gasteiger partial charge in [-0.25, -0.2) is 9.78 Å². The minimum Gasteiger partial charge on any atom is -0.478 e. The Balaban J connectivity index is 2.85. The number of nitrogens with zero attached hydrogens (tertiary/aromatic N) is 1. The fourth-order valence-electron chi connectivity index (χ4n) is 1.69. The lowest BCUT2D eigenvalue weighted by Gasteiger charge is -2.09. The van der Waals surface area contributed by atoms with E-state index in [1.165, 1.54) is 12.8 Å². The first-order valence-corrected chi connectivity index (χ1v) is 6.89. The summed E-state index contributed by atoms with van der Waals surface area (Å²) >= 11 is 1.55. The molecule has 1 heterocycles. The molecule has 1 aromatic heterocycles. The first-order valence-electron chi connectivity index (χ1n) is 5.90. The SMILES string of the molecule is CCCCCSc1nc(C)cc(C)c1C(=O)O. The van der Waals surface area contributed by atoms with Crippen molar-refractivity contribution in [1.82, 2.24) is 4.98 Å². The summed E-state index contributed by atoms with van der Waals surface area (Å²) in [6, 6.07) is 1.82. The summed E-state index contributed by atoms with van der Waals surface area (Å²) < 4.78 is 0. The second-order valence-electron chi connectivity index (χ2n) is 4.12. The Kier molecular flexibility index (Phi) is 5.48. The van der Waals surface area contributed by atoms with E-state index in [-0.39, 0.29) is 0 Å². The van der Waals surface area contributed by atoms with Gasteiger partial charge in [-0.1, -0.05) is 19.8 Å². The number of unbranched alkanes of at least 4 members (excludes halogenated alkanes) is 2. The van der Waals surface area contributed by atoms with Crippen LogP contribution in [0.5, 0.6) is 0 Å². The summed E-state index contributed by atoms with van der Waals surface area (Å²) in [6.45, 7) is 5.88. The molecule has 3 nitrogen and oxygen atoms in total. The van der Waals surface area contributed by atoms with Gasteiger partial charge >= 0.3 is 5.97 Å². The molecule has 0 amide bonds. The Labute approximate surface area is 107 Å². The highest BCUT2D eigenvalue weighted by Gasteiger charge is 2.15. The van der Waals surface area contributed by atoms with Gasteiger partial charge in [-0.3, -0.25) is 0 Å². The van der Waals surface area contributed by atoms with Crippen LogP contribution in [-0.4, -0.2) is 21.8 Å². The number of thioether (sulfide) groups is 1. The van der Waals surface area contributed by atoms with Gasteiger partial charge in [-0.15, -0.1) is 11.8 Å². The standard InChI is InChI=1S/C13H19NO2S/c1-4-5-6-7-17-12-11(13(15)16)9(2)8-10(3)14-12/h8H,4-7H2,1-3H3,(H,15,16). The summed E-state index contributed by atoms with van der Waals surface area (Å²) in [4.78, 5) is 15.5. The quantitative estimate of drug-likeness (QED) is 0.620. The normalized spacial score (nSPS) is 10.5. The molecule has 0 aliphatic rings. The summed E-state index contributed by atoms with van der Waals surface area (Å²) in [5.41, 5.74) is 2.03. The van der Waals surface area contributed by atoms with Crippen molar-refractivity contribution in [1.29, 1.82) is 0 Å². The van der Waals surface area contributed by atoms with Crippen LogP contribution in [0.4, 0.5) is 0 Å². The zero-order valence-corrected chi connectivity index (χ0v) is 11.4. The van der Waals surface area contributed by atoms with Crippen molar-refractivity contribution in [3.05, 3.63) is 22.9 Å². The fraction of sp³-hybridized carbons (Fsp3) is 0.538. The number of aromatic carboxylic acids is 1. The van der Waals surface area contributed by atoms with E-state index in [2.05, 4.69) is 11.9 Å². The van der Waals surface area contributed by atoms with E-state index >= 15 is 0 Å². The molecule has 0 saturated carbocycles. The molecule has 0 bridgehead atoms. The average molecular weight is 253 g/mol. The highest BCUT2D eigenvalue weighted by atomic mass is 32.2. The van der Waals surface area contributed by atoms with Crippen LogP contribution in [0, 0.1) is 13.8 Å². The number of pyridine rings is 1. The third kappa shape index (κ3) is 4.04. The Morgan fingerprint density at radius 3 is 2.71 bits per heavy atom. The van der Waals surface area contributed by atoms with E-state index in [9.17, 15) is 9.90 Å². The highest BCUT2D eigenvalue weighted by molar-refractivity contribution is 7.99. The van der Waals surface area contributed by atoms with Crippen molar-refractivity contribution in [2.24, 2.45) is 0 Å². The van der Waals surface area contributed by atoms with Crippen LogP contribution in [0.2, 0.25) is 0 Å². The smallest absolute Gasteiger partial charge is 0.338 e. The van der Waals surface area contributed by atoms with E-state index in [0.29, 0.717) is 10.6 Å². The topological polar surface area (TPSA) is 50.2 Å². The van der Waals surface area contributed by atoms with E-state index in [1.54, 1.807) is 11.8 Å². The minimum atomic E-state index is -0.881. The summed E-state index contributed by atoms with van der Waals surface area (Å²) in [5.74, 6) is 0.0530. The Morgan fingerprint density at radius 1 is 1.41 bits per heavy atom. The van der Waals surface area contributed by atoms with Crippen molar-refractivity contribution in [3.8, 4) is 0 Å². The third-order valence-corrected chi connectivity index (χ3v) is 3.57. The fourth-order valence-corrected chi connectivity index (χ4v) is 2.83. The second kappa shape index (κ2) is 6.64. The van der Waals surface area contributed by atoms with Gasteiger partial charge in [0, 0.05) is 5.69 Å². The number of rotatable bonds is 6. The number of carbonyl (C=O) groups is 1. The van der Waals surface area contributed by atoms with E-state index < -0.39 is 5.97 Å². The van der Waals surface area contributed by atoms with Crippen LogP contribution in [0.15, 0.2) is 11.1 Å². The van der Waals surface area contributed by atoms with Gasteiger partial charge in [-0.2, -0.15) is 0 Å². The largest absolute Gasteiger partial charge is 0.478 e. The lowest BCUT2D eigenvalue weighted by Crippen LogP contribution is -2.05.